The Morgan fingerprint density at radius 3 is 2.35 bits per heavy atom. The number of allylic oxidation sites excluding steroid dienone is 4. The molecular weight excluding hydrogens is 520 g/mol. The van der Waals surface area contributed by atoms with Crippen molar-refractivity contribution < 1.29 is 14.3 Å². The zero-order valence-corrected chi connectivity index (χ0v) is 27.0. The average molecular weight is 573 g/mol. The summed E-state index contributed by atoms with van der Waals surface area (Å²) in [6.07, 6.45) is 10.4. The normalized spacial score (nSPS) is 48.1. The predicted molar refractivity (Wildman–Crippen MR) is 161 cm³/mol. The molecule has 0 bridgehead atoms. The summed E-state index contributed by atoms with van der Waals surface area (Å²) < 4.78 is 5.90. The second-order valence-corrected chi connectivity index (χ2v) is 15.9. The molecule has 0 aliphatic heterocycles. The van der Waals surface area contributed by atoms with Gasteiger partial charge in [0, 0.05) is 25.0 Å². The molecule has 3 N–H and O–H groups in total. The monoisotopic (exact) mass is 572 g/mol. The third-order valence-electron chi connectivity index (χ3n) is 13.6. The Bertz CT molecular complexity index is 1150. The van der Waals surface area contributed by atoms with E-state index in [9.17, 15) is 9.59 Å². The van der Waals surface area contributed by atoms with Crippen molar-refractivity contribution in [1.29, 1.82) is 0 Å². The van der Waals surface area contributed by atoms with Gasteiger partial charge in [-0.1, -0.05) is 58.7 Å². The summed E-state index contributed by atoms with van der Waals surface area (Å²) in [5.41, 5.74) is 7.88. The van der Waals surface area contributed by atoms with Crippen molar-refractivity contribution in [2.45, 2.75) is 113 Å². The Labute approximate surface area is 247 Å². The molecule has 1 amide bonds. The molecule has 0 aromatic rings. The molecule has 0 heterocycles. The van der Waals surface area contributed by atoms with Gasteiger partial charge in [-0.15, -0.1) is 0 Å². The molecule has 224 valence electrons. The van der Waals surface area contributed by atoms with Crippen molar-refractivity contribution in [3.63, 3.8) is 0 Å². The number of ether oxygens (including phenoxy) is 1. The molecular formula is C34H53ClN2O3. The van der Waals surface area contributed by atoms with Crippen LogP contribution in [0.5, 0.6) is 0 Å². The minimum absolute atomic E-state index is 0.00809. The maximum atomic E-state index is 13.9. The highest BCUT2D eigenvalue weighted by Gasteiger charge is 2.69. The molecule has 5 aliphatic carbocycles. The summed E-state index contributed by atoms with van der Waals surface area (Å²) in [4.78, 5) is 26.1. The van der Waals surface area contributed by atoms with E-state index in [0.717, 1.165) is 30.2 Å². The molecule has 10 atom stereocenters. The Morgan fingerprint density at radius 2 is 1.70 bits per heavy atom. The fraction of sp³-hybridized carbons (Fsp3) is 0.824. The number of amides is 1. The molecule has 4 fully saturated rings. The smallest absolute Gasteiger partial charge is 0.302 e. The van der Waals surface area contributed by atoms with Gasteiger partial charge >= 0.3 is 5.97 Å². The first-order valence-corrected chi connectivity index (χ1v) is 16.3. The minimum atomic E-state index is -0.858. The van der Waals surface area contributed by atoms with Crippen molar-refractivity contribution in [2.24, 2.45) is 56.5 Å². The second-order valence-electron chi connectivity index (χ2n) is 15.5. The Morgan fingerprint density at radius 1 is 1.00 bits per heavy atom. The Kier molecular flexibility index (Phi) is 7.43. The molecule has 5 nitrogen and oxygen atoms in total. The molecule has 0 aromatic heterocycles. The van der Waals surface area contributed by atoms with Crippen molar-refractivity contribution in [3.8, 4) is 0 Å². The van der Waals surface area contributed by atoms with Crippen LogP contribution < -0.4 is 11.1 Å². The molecule has 40 heavy (non-hydrogen) atoms. The van der Waals surface area contributed by atoms with E-state index >= 15 is 0 Å². The number of halogens is 1. The number of nitrogens with one attached hydrogen (secondary N) is 1. The van der Waals surface area contributed by atoms with Crippen LogP contribution in [-0.4, -0.2) is 31.1 Å². The topological polar surface area (TPSA) is 81.4 Å². The van der Waals surface area contributed by atoms with Crippen LogP contribution >= 0.6 is 11.6 Å². The van der Waals surface area contributed by atoms with Gasteiger partial charge in [0.2, 0.25) is 5.91 Å². The number of hydrogen-bond donors (Lipinski definition) is 2. The molecule has 4 saturated carbocycles. The standard InChI is InChI=1S/C34H53ClN2O3/c1-20-9-12-30(4)15-16-32(6)23(27(30)21(20)2)19-24(35)28-31(5)13-11-26(40-22(3)38)34(8,29(39)37-18-17-36)25(31)10-14-33(28,32)7/h19-21,25-27H,9-18,36H2,1-8H3,(H,37,39)/t20-,21+,25?,26-,27?,30-,31+,32-,33-,34-/m1/s1. The Balaban J connectivity index is 1.65. The van der Waals surface area contributed by atoms with Gasteiger partial charge in [-0.2, -0.15) is 0 Å². The highest BCUT2D eigenvalue weighted by atomic mass is 35.5. The third kappa shape index (κ3) is 3.95. The Hall–Kier alpha value is -1.33. The number of carbonyl (C=O) groups is 2. The van der Waals surface area contributed by atoms with Crippen LogP contribution in [0.4, 0.5) is 0 Å². The summed E-state index contributed by atoms with van der Waals surface area (Å²) in [7, 11) is 0. The lowest BCUT2D eigenvalue weighted by molar-refractivity contribution is -0.182. The van der Waals surface area contributed by atoms with Crippen LogP contribution in [0, 0.1) is 50.7 Å². The molecule has 2 unspecified atom stereocenters. The molecule has 5 aliphatic rings. The summed E-state index contributed by atoms with van der Waals surface area (Å²) in [5.74, 6) is 1.53. The van der Waals surface area contributed by atoms with Gasteiger partial charge in [0.1, 0.15) is 6.10 Å². The minimum Gasteiger partial charge on any atom is -0.461 e. The first-order chi connectivity index (χ1) is 18.6. The van der Waals surface area contributed by atoms with Crippen LogP contribution in [-0.2, 0) is 14.3 Å². The number of fused-ring (bicyclic) bond motifs is 7. The maximum absolute atomic E-state index is 13.9. The largest absolute Gasteiger partial charge is 0.461 e. The number of carbonyl (C=O) groups excluding carboxylic acids is 2. The molecule has 0 radical (unpaired) electrons. The SMILES string of the molecule is CC(=O)O[C@@H]1CC[C@]2(C)C3=C(Cl)C=C4C5[C@@H](C)[C@H](C)CC[C@]5(C)CC[C@@]4(C)[C@]3(C)CCC2[C@@]1(C)C(=O)NCCN. The third-order valence-corrected chi connectivity index (χ3v) is 13.9. The fourth-order valence-electron chi connectivity index (χ4n) is 11.0. The number of hydrogen-bond acceptors (Lipinski definition) is 4. The van der Waals surface area contributed by atoms with Crippen LogP contribution in [0.15, 0.2) is 22.3 Å². The highest BCUT2D eigenvalue weighted by Crippen LogP contribution is 2.75. The van der Waals surface area contributed by atoms with E-state index in [1.165, 1.54) is 38.2 Å². The second kappa shape index (κ2) is 9.86. The zero-order chi connectivity index (χ0) is 29.5. The van der Waals surface area contributed by atoms with E-state index in [4.69, 9.17) is 22.1 Å². The lowest BCUT2D eigenvalue weighted by Crippen LogP contribution is -2.65. The van der Waals surface area contributed by atoms with Gasteiger partial charge < -0.3 is 15.8 Å². The maximum Gasteiger partial charge on any atom is 0.302 e. The quantitative estimate of drug-likeness (QED) is 0.351. The van der Waals surface area contributed by atoms with Gasteiger partial charge in [0.05, 0.1) is 5.41 Å². The van der Waals surface area contributed by atoms with Gasteiger partial charge in [-0.3, -0.25) is 9.59 Å². The molecule has 6 heteroatoms. The van der Waals surface area contributed by atoms with Crippen LogP contribution in [0.25, 0.3) is 0 Å². The lowest BCUT2D eigenvalue weighted by Gasteiger charge is -2.69. The fourth-order valence-corrected chi connectivity index (χ4v) is 11.5. The lowest BCUT2D eigenvalue weighted by atomic mass is 9.35. The summed E-state index contributed by atoms with van der Waals surface area (Å²) >= 11 is 7.51. The molecule has 0 saturated heterocycles. The van der Waals surface area contributed by atoms with E-state index in [1.807, 2.05) is 6.92 Å². The van der Waals surface area contributed by atoms with Crippen molar-refractivity contribution in [2.75, 3.05) is 13.1 Å². The summed E-state index contributed by atoms with van der Waals surface area (Å²) in [5, 5.41) is 3.98. The predicted octanol–water partition coefficient (Wildman–Crippen LogP) is 7.14. The van der Waals surface area contributed by atoms with Crippen molar-refractivity contribution in [1.82, 2.24) is 5.32 Å². The van der Waals surface area contributed by atoms with Crippen molar-refractivity contribution >= 4 is 23.5 Å². The van der Waals surface area contributed by atoms with Crippen LogP contribution in [0.1, 0.15) is 107 Å². The molecule has 0 spiro atoms. The zero-order valence-electron chi connectivity index (χ0n) is 26.2. The summed E-state index contributed by atoms with van der Waals surface area (Å²) in [6, 6.07) is 0. The van der Waals surface area contributed by atoms with E-state index < -0.39 is 11.5 Å². The molecule has 5 rings (SSSR count). The van der Waals surface area contributed by atoms with E-state index in [2.05, 4.69) is 52.9 Å². The number of nitrogens with two attached hydrogens (primary N) is 1. The van der Waals surface area contributed by atoms with Gasteiger partial charge in [0.25, 0.3) is 0 Å². The van der Waals surface area contributed by atoms with Crippen LogP contribution in [0.2, 0.25) is 0 Å². The first kappa shape index (κ1) is 30.1. The van der Waals surface area contributed by atoms with Gasteiger partial charge in [-0.05, 0) is 115 Å². The average Bonchev–Trinajstić information content (AvgIpc) is 2.88. The molecule has 0 aromatic carbocycles. The van der Waals surface area contributed by atoms with Gasteiger partial charge in [-0.25, -0.2) is 0 Å². The number of esters is 1. The first-order valence-electron chi connectivity index (χ1n) is 15.9. The van der Waals surface area contributed by atoms with Crippen molar-refractivity contribution in [3.05, 3.63) is 22.3 Å². The van der Waals surface area contributed by atoms with E-state index in [-0.39, 0.29) is 34.0 Å². The van der Waals surface area contributed by atoms with Crippen LogP contribution in [0.3, 0.4) is 0 Å². The highest BCUT2D eigenvalue weighted by molar-refractivity contribution is 6.32. The van der Waals surface area contributed by atoms with E-state index in [0.29, 0.717) is 36.8 Å². The van der Waals surface area contributed by atoms with Gasteiger partial charge in [0.15, 0.2) is 0 Å². The van der Waals surface area contributed by atoms with E-state index in [1.54, 1.807) is 5.57 Å². The number of rotatable bonds is 4. The summed E-state index contributed by atoms with van der Waals surface area (Å²) in [6.45, 7) is 19.1.